The van der Waals surface area contributed by atoms with Crippen LogP contribution >= 0.6 is 31.9 Å². The van der Waals surface area contributed by atoms with E-state index in [1.165, 1.54) is 10.9 Å². The maximum atomic E-state index is 13.5. The van der Waals surface area contributed by atoms with Crippen LogP contribution in [0.5, 0.6) is 5.75 Å². The lowest BCUT2D eigenvalue weighted by Gasteiger charge is -2.12. The molecule has 0 saturated heterocycles. The molecular formula is C18H18B4Br2O3. The van der Waals surface area contributed by atoms with Gasteiger partial charge in [-0.05, 0) is 44.0 Å². The fraction of sp³-hybridized carbons (Fsp3) is 0.167. The van der Waals surface area contributed by atoms with Crippen LogP contribution in [0, 0.1) is 0 Å². The van der Waals surface area contributed by atoms with Gasteiger partial charge in [0.05, 0.1) is 21.6 Å². The number of aryl methyl sites for hydroxylation is 1. The standard InChI is InChI=1S/C18H18B4Br2O3/c1-3-9-10(11-12(19)13(20)14(21)15(22)18(11)27-9)16(25)6-4-7(23)17(26-2)8(24)5-6/h4-5H,3,19-22H2,1-2H3. The van der Waals surface area contributed by atoms with E-state index in [4.69, 9.17) is 9.15 Å². The normalized spacial score (nSPS) is 11.1. The van der Waals surface area contributed by atoms with E-state index in [2.05, 4.69) is 63.2 Å². The highest BCUT2D eigenvalue weighted by Gasteiger charge is 2.25. The van der Waals surface area contributed by atoms with E-state index in [0.29, 0.717) is 23.3 Å². The molecule has 9 heteroatoms. The summed E-state index contributed by atoms with van der Waals surface area (Å²) < 4.78 is 13.0. The van der Waals surface area contributed by atoms with Gasteiger partial charge in [-0.25, -0.2) is 0 Å². The van der Waals surface area contributed by atoms with Crippen LogP contribution in [0.1, 0.15) is 28.6 Å². The van der Waals surface area contributed by atoms with Crippen LogP contribution in [-0.4, -0.2) is 44.3 Å². The van der Waals surface area contributed by atoms with Crippen molar-refractivity contribution in [2.45, 2.75) is 13.3 Å². The highest BCUT2D eigenvalue weighted by molar-refractivity contribution is 9.11. The molecule has 0 atom stereocenters. The maximum Gasteiger partial charge on any atom is 0.197 e. The van der Waals surface area contributed by atoms with E-state index in [1.54, 1.807) is 19.2 Å². The summed E-state index contributed by atoms with van der Waals surface area (Å²) in [5, 5.41) is 0.931. The van der Waals surface area contributed by atoms with Crippen LogP contribution in [0.15, 0.2) is 25.5 Å². The monoisotopic (exact) mass is 484 g/mol. The van der Waals surface area contributed by atoms with Gasteiger partial charge in [0.2, 0.25) is 0 Å². The Bertz CT molecular complexity index is 1070. The number of ether oxygens (including phenoxy) is 1. The lowest BCUT2D eigenvalue weighted by molar-refractivity contribution is 0.103. The number of halogens is 2. The molecular weight excluding hydrogens is 467 g/mol. The highest BCUT2D eigenvalue weighted by Crippen LogP contribution is 2.36. The average Bonchev–Trinajstić information content (AvgIpc) is 3.03. The Hall–Kier alpha value is -1.33. The molecule has 0 radical (unpaired) electrons. The first-order valence-electron chi connectivity index (χ1n) is 8.82. The minimum atomic E-state index is -0.0413. The van der Waals surface area contributed by atoms with Crippen molar-refractivity contribution in [3.63, 3.8) is 0 Å². The van der Waals surface area contributed by atoms with E-state index >= 15 is 0 Å². The Morgan fingerprint density at radius 3 is 2.11 bits per heavy atom. The van der Waals surface area contributed by atoms with Crippen molar-refractivity contribution in [1.82, 2.24) is 0 Å². The molecule has 0 spiro atoms. The smallest absolute Gasteiger partial charge is 0.197 e. The third-order valence-electron chi connectivity index (χ3n) is 5.40. The van der Waals surface area contributed by atoms with Crippen molar-refractivity contribution in [2.24, 2.45) is 0 Å². The number of rotatable bonds is 4. The number of hydrogen-bond acceptors (Lipinski definition) is 3. The molecule has 0 N–H and O–H groups in total. The van der Waals surface area contributed by atoms with Gasteiger partial charge in [0.1, 0.15) is 48.5 Å². The van der Waals surface area contributed by atoms with E-state index < -0.39 is 0 Å². The number of hydrogen-bond donors (Lipinski definition) is 0. The predicted octanol–water partition coefficient (Wildman–Crippen LogP) is -1.21. The van der Waals surface area contributed by atoms with Gasteiger partial charge in [-0.3, -0.25) is 4.79 Å². The Morgan fingerprint density at radius 1 is 1.04 bits per heavy atom. The molecule has 0 aliphatic rings. The second-order valence-corrected chi connectivity index (χ2v) is 8.47. The zero-order valence-corrected chi connectivity index (χ0v) is 19.5. The average molecular weight is 485 g/mol. The van der Waals surface area contributed by atoms with Gasteiger partial charge in [-0.15, -0.1) is 5.46 Å². The third-order valence-corrected chi connectivity index (χ3v) is 6.58. The first-order valence-corrected chi connectivity index (χ1v) is 10.4. The summed E-state index contributed by atoms with van der Waals surface area (Å²) in [6.07, 6.45) is 0.658. The minimum Gasteiger partial charge on any atom is -0.494 e. The summed E-state index contributed by atoms with van der Waals surface area (Å²) in [5.74, 6) is 1.35. The molecule has 1 heterocycles. The molecule has 0 saturated carbocycles. The molecule has 3 rings (SSSR count). The molecule has 0 unspecified atom stereocenters. The van der Waals surface area contributed by atoms with E-state index in [-0.39, 0.29) is 5.78 Å². The number of furan rings is 1. The van der Waals surface area contributed by atoms with Crippen LogP contribution in [0.3, 0.4) is 0 Å². The summed E-state index contributed by atoms with van der Waals surface area (Å²) in [6, 6.07) is 3.60. The number of carbonyl (C=O) groups is 1. The first kappa shape index (κ1) is 20.4. The second kappa shape index (κ2) is 7.59. The maximum absolute atomic E-state index is 13.5. The van der Waals surface area contributed by atoms with Crippen LogP contribution in [-0.2, 0) is 6.42 Å². The number of carbonyl (C=O) groups excluding carboxylic acids is 1. The Morgan fingerprint density at radius 2 is 1.59 bits per heavy atom. The van der Waals surface area contributed by atoms with Crippen molar-refractivity contribution >= 4 is 102 Å². The molecule has 0 aliphatic carbocycles. The van der Waals surface area contributed by atoms with Crippen molar-refractivity contribution in [1.29, 1.82) is 0 Å². The lowest BCUT2D eigenvalue weighted by Crippen LogP contribution is -2.47. The summed E-state index contributed by atoms with van der Waals surface area (Å²) in [4.78, 5) is 13.5. The van der Waals surface area contributed by atoms with Gasteiger partial charge in [-0.1, -0.05) is 23.3 Å². The van der Waals surface area contributed by atoms with Crippen molar-refractivity contribution < 1.29 is 13.9 Å². The molecule has 0 aliphatic heterocycles. The summed E-state index contributed by atoms with van der Waals surface area (Å²) in [7, 11) is 9.93. The SMILES string of the molecule is Bc1c(B)c(B)c2c(C(=O)c3cc(Br)c(OC)c(Br)c3)c(CC)oc2c1B. The zero-order chi connectivity index (χ0) is 20.0. The topological polar surface area (TPSA) is 39.4 Å². The molecule has 27 heavy (non-hydrogen) atoms. The van der Waals surface area contributed by atoms with E-state index in [1.807, 2.05) is 6.92 Å². The number of benzene rings is 2. The van der Waals surface area contributed by atoms with E-state index in [9.17, 15) is 4.79 Å². The van der Waals surface area contributed by atoms with Gasteiger partial charge in [0.25, 0.3) is 0 Å². The fourth-order valence-electron chi connectivity index (χ4n) is 3.54. The Labute approximate surface area is 179 Å². The summed E-state index contributed by atoms with van der Waals surface area (Å²) >= 11 is 6.98. The van der Waals surface area contributed by atoms with Gasteiger partial charge >= 0.3 is 0 Å². The quantitative estimate of drug-likeness (QED) is 0.344. The first-order chi connectivity index (χ1) is 12.7. The van der Waals surface area contributed by atoms with Crippen molar-refractivity contribution in [3.05, 3.63) is 38.0 Å². The largest absolute Gasteiger partial charge is 0.494 e. The second-order valence-electron chi connectivity index (χ2n) is 6.76. The van der Waals surface area contributed by atoms with Gasteiger partial charge in [0.15, 0.2) is 5.78 Å². The van der Waals surface area contributed by atoms with Gasteiger partial charge in [-0.2, -0.15) is 0 Å². The van der Waals surface area contributed by atoms with Gasteiger partial charge < -0.3 is 9.15 Å². The molecule has 3 nitrogen and oxygen atoms in total. The lowest BCUT2D eigenvalue weighted by atomic mass is 9.65. The summed E-state index contributed by atoms with van der Waals surface area (Å²) in [5.41, 5.74) is 6.69. The Kier molecular flexibility index (Phi) is 5.74. The molecule has 0 amide bonds. The van der Waals surface area contributed by atoms with Crippen LogP contribution < -0.4 is 26.6 Å². The summed E-state index contributed by atoms with van der Waals surface area (Å²) in [6.45, 7) is 2.01. The van der Waals surface area contributed by atoms with Crippen molar-refractivity contribution in [2.75, 3.05) is 7.11 Å². The number of ketones is 1. The zero-order valence-electron chi connectivity index (χ0n) is 16.3. The Balaban J connectivity index is 2.33. The van der Waals surface area contributed by atoms with Crippen LogP contribution in [0.25, 0.3) is 11.0 Å². The number of fused-ring (bicyclic) bond motifs is 1. The molecule has 1 aromatic heterocycles. The van der Waals surface area contributed by atoms with Crippen molar-refractivity contribution in [3.8, 4) is 5.75 Å². The molecule has 134 valence electrons. The molecule has 0 bridgehead atoms. The molecule has 0 fully saturated rings. The fourth-order valence-corrected chi connectivity index (χ4v) is 5.05. The van der Waals surface area contributed by atoms with Crippen LogP contribution in [0.2, 0.25) is 0 Å². The predicted molar refractivity (Wildman–Crippen MR) is 130 cm³/mol. The van der Waals surface area contributed by atoms with Crippen LogP contribution in [0.4, 0.5) is 0 Å². The highest BCUT2D eigenvalue weighted by atomic mass is 79.9. The number of methoxy groups -OCH3 is 1. The third kappa shape index (κ3) is 3.23. The van der Waals surface area contributed by atoms with Gasteiger partial charge in [0, 0.05) is 17.4 Å². The minimum absolute atomic E-state index is 0.0413. The van der Waals surface area contributed by atoms with E-state index in [0.717, 1.165) is 36.6 Å². The molecule has 2 aromatic carbocycles. The molecule has 3 aromatic rings.